The maximum absolute atomic E-state index is 6.53. The molecule has 134 valence electrons. The molecule has 2 aromatic heterocycles. The van der Waals surface area contributed by atoms with Gasteiger partial charge in [-0.1, -0.05) is 32.9 Å². The molecule has 26 heavy (non-hydrogen) atoms. The molecule has 5 heteroatoms. The van der Waals surface area contributed by atoms with E-state index in [1.165, 1.54) is 0 Å². The highest BCUT2D eigenvalue weighted by Crippen LogP contribution is 2.24. The van der Waals surface area contributed by atoms with Crippen LogP contribution in [0.3, 0.4) is 0 Å². The van der Waals surface area contributed by atoms with Crippen molar-refractivity contribution < 1.29 is 0 Å². The Hall–Kier alpha value is -2.95. The fraction of sp³-hybridized carbons (Fsp3) is 0.286. The van der Waals surface area contributed by atoms with E-state index in [2.05, 4.69) is 41.0 Å². The highest BCUT2D eigenvalue weighted by atomic mass is 14.9. The third-order valence-electron chi connectivity index (χ3n) is 3.99. The second kappa shape index (κ2) is 7.12. The van der Waals surface area contributed by atoms with Gasteiger partial charge in [0.1, 0.15) is 0 Å². The van der Waals surface area contributed by atoms with Crippen molar-refractivity contribution in [3.8, 4) is 0 Å². The standard InChI is InChI=1S/C21H25N5/c1-14-6-5-7-17(26-14)19(22)20(25-13-21(2,3)4)15-8-9-16-18(12-15)24-11-10-23-16/h5-12,25H,13,22H2,1-4H3/b20-19-. The maximum Gasteiger partial charge on any atom is 0.0893 e. The van der Waals surface area contributed by atoms with Gasteiger partial charge in [-0.3, -0.25) is 15.0 Å². The second-order valence-electron chi connectivity index (χ2n) is 7.63. The summed E-state index contributed by atoms with van der Waals surface area (Å²) in [7, 11) is 0. The Morgan fingerprint density at radius 3 is 2.46 bits per heavy atom. The predicted molar refractivity (Wildman–Crippen MR) is 107 cm³/mol. The van der Waals surface area contributed by atoms with Crippen LogP contribution in [0.25, 0.3) is 22.4 Å². The van der Waals surface area contributed by atoms with E-state index in [9.17, 15) is 0 Å². The van der Waals surface area contributed by atoms with Gasteiger partial charge in [-0.25, -0.2) is 0 Å². The van der Waals surface area contributed by atoms with Crippen molar-refractivity contribution in [2.24, 2.45) is 11.1 Å². The minimum Gasteiger partial charge on any atom is -0.395 e. The lowest BCUT2D eigenvalue weighted by Gasteiger charge is -2.23. The molecule has 0 aliphatic rings. The molecular formula is C21H25N5. The summed E-state index contributed by atoms with van der Waals surface area (Å²) in [6.45, 7) is 9.30. The number of nitrogens with two attached hydrogens (primary N) is 1. The first-order chi connectivity index (χ1) is 12.3. The van der Waals surface area contributed by atoms with Gasteiger partial charge < -0.3 is 11.1 Å². The van der Waals surface area contributed by atoms with E-state index in [1.54, 1.807) is 12.4 Å². The molecule has 0 spiro atoms. The molecule has 0 fully saturated rings. The molecule has 3 N–H and O–H groups in total. The summed E-state index contributed by atoms with van der Waals surface area (Å²) in [5.74, 6) is 0. The van der Waals surface area contributed by atoms with E-state index in [-0.39, 0.29) is 5.41 Å². The van der Waals surface area contributed by atoms with Gasteiger partial charge in [0, 0.05) is 30.2 Å². The fourth-order valence-electron chi connectivity index (χ4n) is 2.65. The van der Waals surface area contributed by atoms with Crippen molar-refractivity contribution in [2.45, 2.75) is 27.7 Å². The van der Waals surface area contributed by atoms with Gasteiger partial charge in [-0.15, -0.1) is 0 Å². The summed E-state index contributed by atoms with van der Waals surface area (Å²) in [6, 6.07) is 11.9. The summed E-state index contributed by atoms with van der Waals surface area (Å²) >= 11 is 0. The van der Waals surface area contributed by atoms with Crippen LogP contribution in [0.5, 0.6) is 0 Å². The monoisotopic (exact) mass is 347 g/mol. The number of hydrogen-bond acceptors (Lipinski definition) is 5. The van der Waals surface area contributed by atoms with Crippen molar-refractivity contribution >= 4 is 22.4 Å². The minimum absolute atomic E-state index is 0.113. The fourth-order valence-corrected chi connectivity index (χ4v) is 2.65. The summed E-state index contributed by atoms with van der Waals surface area (Å²) < 4.78 is 0. The molecule has 0 unspecified atom stereocenters. The predicted octanol–water partition coefficient (Wildman–Crippen LogP) is 3.75. The Balaban J connectivity index is 2.11. The van der Waals surface area contributed by atoms with Gasteiger partial charge >= 0.3 is 0 Å². The van der Waals surface area contributed by atoms with Crippen LogP contribution in [0.1, 0.15) is 37.7 Å². The molecule has 3 rings (SSSR count). The molecule has 2 heterocycles. The molecule has 1 aromatic carbocycles. The van der Waals surface area contributed by atoms with E-state index in [4.69, 9.17) is 5.73 Å². The Labute approximate surface area is 154 Å². The second-order valence-corrected chi connectivity index (χ2v) is 7.63. The molecule has 0 atom stereocenters. The Morgan fingerprint density at radius 2 is 1.77 bits per heavy atom. The van der Waals surface area contributed by atoms with Gasteiger partial charge in [-0.05, 0) is 36.6 Å². The summed E-state index contributed by atoms with van der Waals surface area (Å²) in [6.07, 6.45) is 3.39. The maximum atomic E-state index is 6.53. The zero-order valence-corrected chi connectivity index (χ0v) is 15.7. The quantitative estimate of drug-likeness (QED) is 0.751. The first kappa shape index (κ1) is 17.9. The van der Waals surface area contributed by atoms with Gasteiger partial charge in [0.15, 0.2) is 0 Å². The zero-order valence-electron chi connectivity index (χ0n) is 15.7. The van der Waals surface area contributed by atoms with Crippen LogP contribution in [0.15, 0.2) is 48.8 Å². The van der Waals surface area contributed by atoms with E-state index >= 15 is 0 Å². The number of aromatic nitrogens is 3. The number of nitrogens with zero attached hydrogens (tertiary/aromatic N) is 3. The van der Waals surface area contributed by atoms with Crippen molar-refractivity contribution in [1.29, 1.82) is 0 Å². The van der Waals surface area contributed by atoms with Crippen LogP contribution in [0.4, 0.5) is 0 Å². The first-order valence-electron chi connectivity index (χ1n) is 8.72. The third kappa shape index (κ3) is 4.17. The van der Waals surface area contributed by atoms with E-state index in [0.29, 0.717) is 5.70 Å². The molecule has 0 radical (unpaired) electrons. The lowest BCUT2D eigenvalue weighted by molar-refractivity contribution is 0.406. The van der Waals surface area contributed by atoms with E-state index in [1.807, 2.05) is 43.3 Å². The Morgan fingerprint density at radius 1 is 1.04 bits per heavy atom. The number of fused-ring (bicyclic) bond motifs is 1. The number of aryl methyl sites for hydroxylation is 1. The molecule has 5 nitrogen and oxygen atoms in total. The van der Waals surface area contributed by atoms with Crippen molar-refractivity contribution in [3.63, 3.8) is 0 Å². The third-order valence-corrected chi connectivity index (χ3v) is 3.99. The average molecular weight is 347 g/mol. The number of nitrogens with one attached hydrogen (secondary N) is 1. The van der Waals surface area contributed by atoms with Gasteiger partial charge in [0.2, 0.25) is 0 Å². The van der Waals surface area contributed by atoms with Crippen LogP contribution in [-0.4, -0.2) is 21.5 Å². The molecular weight excluding hydrogens is 322 g/mol. The molecule has 0 aliphatic carbocycles. The van der Waals surface area contributed by atoms with Crippen molar-refractivity contribution in [1.82, 2.24) is 20.3 Å². The largest absolute Gasteiger partial charge is 0.395 e. The van der Waals surface area contributed by atoms with Crippen molar-refractivity contribution in [2.75, 3.05) is 6.54 Å². The van der Waals surface area contributed by atoms with Crippen LogP contribution >= 0.6 is 0 Å². The summed E-state index contributed by atoms with van der Waals surface area (Å²) in [4.78, 5) is 13.3. The topological polar surface area (TPSA) is 76.7 Å². The molecule has 0 bridgehead atoms. The highest BCUT2D eigenvalue weighted by Gasteiger charge is 2.15. The van der Waals surface area contributed by atoms with Gasteiger partial charge in [0.05, 0.1) is 28.1 Å². The van der Waals surface area contributed by atoms with Crippen molar-refractivity contribution in [3.05, 3.63) is 65.7 Å². The number of pyridine rings is 1. The number of benzene rings is 1. The van der Waals surface area contributed by atoms with E-state index < -0.39 is 0 Å². The zero-order chi connectivity index (χ0) is 18.7. The van der Waals surface area contributed by atoms with E-state index in [0.717, 1.165) is 40.2 Å². The summed E-state index contributed by atoms with van der Waals surface area (Å²) in [5.41, 5.74) is 12.5. The highest BCUT2D eigenvalue weighted by molar-refractivity contribution is 5.90. The van der Waals surface area contributed by atoms with Crippen LogP contribution in [0.2, 0.25) is 0 Å². The van der Waals surface area contributed by atoms with Crippen LogP contribution in [-0.2, 0) is 0 Å². The SMILES string of the molecule is Cc1cccc(/C(N)=C(/NCC(C)(C)C)c2ccc3nccnc3c2)n1. The normalized spacial score (nSPS) is 12.8. The number of rotatable bonds is 4. The molecule has 0 amide bonds. The molecule has 0 saturated heterocycles. The summed E-state index contributed by atoms with van der Waals surface area (Å²) in [5, 5.41) is 3.52. The van der Waals surface area contributed by atoms with Gasteiger partial charge in [-0.2, -0.15) is 0 Å². The lowest BCUT2D eigenvalue weighted by Crippen LogP contribution is -2.27. The number of hydrogen-bond donors (Lipinski definition) is 2. The first-order valence-corrected chi connectivity index (χ1v) is 8.72. The van der Waals surface area contributed by atoms with Gasteiger partial charge in [0.25, 0.3) is 0 Å². The Bertz CT molecular complexity index is 954. The molecule has 0 saturated carbocycles. The smallest absolute Gasteiger partial charge is 0.0893 e. The lowest BCUT2D eigenvalue weighted by atomic mass is 9.96. The Kier molecular flexibility index (Phi) is 4.89. The van der Waals surface area contributed by atoms with Crippen LogP contribution < -0.4 is 11.1 Å². The van der Waals surface area contributed by atoms with Crippen LogP contribution in [0, 0.1) is 12.3 Å². The molecule has 0 aliphatic heterocycles. The minimum atomic E-state index is 0.113. The average Bonchev–Trinajstić information content (AvgIpc) is 2.60. The molecule has 3 aromatic rings.